The van der Waals surface area contributed by atoms with E-state index in [9.17, 15) is 0 Å². The molecule has 0 amide bonds. The second-order valence-electron chi connectivity index (χ2n) is 7.00. The molecule has 1 nitrogen and oxygen atoms in total. The summed E-state index contributed by atoms with van der Waals surface area (Å²) in [5.74, 6) is 2.63. The average molecular weight is 352 g/mol. The molecule has 118 valence electrons. The highest BCUT2D eigenvalue weighted by atomic mass is 79.9. The molecule has 0 heterocycles. The Morgan fingerprint density at radius 2 is 1.86 bits per heavy atom. The molecule has 1 fully saturated rings. The highest BCUT2D eigenvalue weighted by Gasteiger charge is 2.29. The maximum atomic E-state index is 3.67. The normalized spacial score (nSPS) is 26.2. The fraction of sp³-hybridized carbons (Fsp3) is 0.684. The molecule has 1 aliphatic carbocycles. The first-order valence-electron chi connectivity index (χ1n) is 8.56. The fourth-order valence-electron chi connectivity index (χ4n) is 3.62. The van der Waals surface area contributed by atoms with E-state index in [1.165, 1.54) is 48.7 Å². The molecule has 0 bridgehead atoms. The Bertz CT molecular complexity index is 412. The Hall–Kier alpha value is -0.340. The SMILES string of the molecule is CCC1CCC(CNC(C)C)C(Cc2ccc(Br)cc2)C1. The molecule has 0 aromatic heterocycles. The number of benzene rings is 1. The first-order valence-corrected chi connectivity index (χ1v) is 9.35. The molecular formula is C19H30BrN. The van der Waals surface area contributed by atoms with Crippen LogP contribution in [-0.2, 0) is 6.42 Å². The molecule has 0 saturated heterocycles. The van der Waals surface area contributed by atoms with E-state index in [0.717, 1.165) is 17.8 Å². The monoisotopic (exact) mass is 351 g/mol. The van der Waals surface area contributed by atoms with E-state index >= 15 is 0 Å². The quantitative estimate of drug-likeness (QED) is 0.720. The Labute approximate surface area is 139 Å². The van der Waals surface area contributed by atoms with Crippen LogP contribution in [0, 0.1) is 17.8 Å². The molecule has 21 heavy (non-hydrogen) atoms. The summed E-state index contributed by atoms with van der Waals surface area (Å²) >= 11 is 3.53. The van der Waals surface area contributed by atoms with Gasteiger partial charge in [-0.05, 0) is 61.3 Å². The second-order valence-corrected chi connectivity index (χ2v) is 7.92. The van der Waals surface area contributed by atoms with E-state index in [0.29, 0.717) is 6.04 Å². The molecule has 1 aromatic rings. The van der Waals surface area contributed by atoms with Gasteiger partial charge in [-0.3, -0.25) is 0 Å². The van der Waals surface area contributed by atoms with Gasteiger partial charge in [-0.25, -0.2) is 0 Å². The molecule has 3 unspecified atom stereocenters. The molecule has 0 radical (unpaired) electrons. The largest absolute Gasteiger partial charge is 0.314 e. The molecule has 2 heteroatoms. The molecule has 1 aliphatic rings. The summed E-state index contributed by atoms with van der Waals surface area (Å²) in [6, 6.07) is 9.52. The van der Waals surface area contributed by atoms with Gasteiger partial charge in [0.05, 0.1) is 0 Å². The van der Waals surface area contributed by atoms with Crippen LogP contribution in [0.1, 0.15) is 52.0 Å². The van der Waals surface area contributed by atoms with Gasteiger partial charge in [0.25, 0.3) is 0 Å². The number of rotatable bonds is 6. The third-order valence-electron chi connectivity index (χ3n) is 5.03. The van der Waals surface area contributed by atoms with E-state index in [-0.39, 0.29) is 0 Å². The van der Waals surface area contributed by atoms with Crippen molar-refractivity contribution in [2.45, 2.75) is 58.9 Å². The van der Waals surface area contributed by atoms with Crippen molar-refractivity contribution in [2.75, 3.05) is 6.54 Å². The van der Waals surface area contributed by atoms with Crippen molar-refractivity contribution in [1.82, 2.24) is 5.32 Å². The van der Waals surface area contributed by atoms with Crippen molar-refractivity contribution in [1.29, 1.82) is 0 Å². The summed E-state index contributed by atoms with van der Waals surface area (Å²) in [5, 5.41) is 3.67. The van der Waals surface area contributed by atoms with Crippen LogP contribution in [0.15, 0.2) is 28.7 Å². The van der Waals surface area contributed by atoms with Gasteiger partial charge >= 0.3 is 0 Å². The highest BCUT2D eigenvalue weighted by Crippen LogP contribution is 2.37. The summed E-state index contributed by atoms with van der Waals surface area (Å²) in [4.78, 5) is 0. The fourth-order valence-corrected chi connectivity index (χ4v) is 3.89. The van der Waals surface area contributed by atoms with E-state index in [2.05, 4.69) is 66.3 Å². The summed E-state index contributed by atoms with van der Waals surface area (Å²) in [5.41, 5.74) is 1.49. The summed E-state index contributed by atoms with van der Waals surface area (Å²) < 4.78 is 1.18. The summed E-state index contributed by atoms with van der Waals surface area (Å²) in [6.45, 7) is 8.05. The Morgan fingerprint density at radius 1 is 1.14 bits per heavy atom. The van der Waals surface area contributed by atoms with Gasteiger partial charge in [-0.1, -0.05) is 61.7 Å². The zero-order valence-electron chi connectivity index (χ0n) is 13.7. The summed E-state index contributed by atoms with van der Waals surface area (Å²) in [7, 11) is 0. The molecule has 0 spiro atoms. The van der Waals surface area contributed by atoms with Gasteiger partial charge in [-0.15, -0.1) is 0 Å². The van der Waals surface area contributed by atoms with Crippen LogP contribution < -0.4 is 5.32 Å². The zero-order chi connectivity index (χ0) is 15.2. The molecule has 2 rings (SSSR count). The predicted molar refractivity (Wildman–Crippen MR) is 95.6 cm³/mol. The maximum Gasteiger partial charge on any atom is 0.0175 e. The first kappa shape index (κ1) is 17.0. The van der Waals surface area contributed by atoms with Crippen LogP contribution in [0.25, 0.3) is 0 Å². The van der Waals surface area contributed by atoms with E-state index in [4.69, 9.17) is 0 Å². The lowest BCUT2D eigenvalue weighted by Crippen LogP contribution is -2.36. The predicted octanol–water partition coefficient (Wildman–Crippen LogP) is 5.43. The highest BCUT2D eigenvalue weighted by molar-refractivity contribution is 9.10. The second kappa shape index (κ2) is 8.33. The van der Waals surface area contributed by atoms with Gasteiger partial charge in [0, 0.05) is 10.5 Å². The third kappa shape index (κ3) is 5.41. The number of hydrogen-bond acceptors (Lipinski definition) is 1. The number of halogens is 1. The van der Waals surface area contributed by atoms with Crippen LogP contribution in [-0.4, -0.2) is 12.6 Å². The summed E-state index contributed by atoms with van der Waals surface area (Å²) in [6.07, 6.45) is 6.84. The molecular weight excluding hydrogens is 322 g/mol. The van der Waals surface area contributed by atoms with E-state index in [1.54, 1.807) is 0 Å². The van der Waals surface area contributed by atoms with Crippen molar-refractivity contribution < 1.29 is 0 Å². The van der Waals surface area contributed by atoms with Crippen molar-refractivity contribution >= 4 is 15.9 Å². The Morgan fingerprint density at radius 3 is 2.48 bits per heavy atom. The first-order chi connectivity index (χ1) is 10.1. The van der Waals surface area contributed by atoms with Crippen LogP contribution in [0.4, 0.5) is 0 Å². The van der Waals surface area contributed by atoms with Crippen LogP contribution in [0.2, 0.25) is 0 Å². The van der Waals surface area contributed by atoms with Gasteiger partial charge in [-0.2, -0.15) is 0 Å². The lowest BCUT2D eigenvalue weighted by molar-refractivity contribution is 0.169. The number of nitrogens with one attached hydrogen (secondary N) is 1. The minimum Gasteiger partial charge on any atom is -0.314 e. The van der Waals surface area contributed by atoms with Crippen molar-refractivity contribution in [3.63, 3.8) is 0 Å². The van der Waals surface area contributed by atoms with Crippen LogP contribution in [0.3, 0.4) is 0 Å². The smallest absolute Gasteiger partial charge is 0.0175 e. The van der Waals surface area contributed by atoms with E-state index in [1.807, 2.05) is 0 Å². The standard InChI is InChI=1S/C19H30BrN/c1-4-15-5-8-17(13-21-14(2)3)18(11-15)12-16-6-9-19(20)10-7-16/h6-7,9-10,14-15,17-18,21H,4-5,8,11-13H2,1-3H3. The zero-order valence-corrected chi connectivity index (χ0v) is 15.3. The van der Waals surface area contributed by atoms with Gasteiger partial charge in [0.15, 0.2) is 0 Å². The van der Waals surface area contributed by atoms with Crippen molar-refractivity contribution in [2.24, 2.45) is 17.8 Å². The van der Waals surface area contributed by atoms with Gasteiger partial charge in [0.1, 0.15) is 0 Å². The minimum absolute atomic E-state index is 0.599. The number of hydrogen-bond donors (Lipinski definition) is 1. The lowest BCUT2D eigenvalue weighted by atomic mass is 9.71. The van der Waals surface area contributed by atoms with Crippen molar-refractivity contribution in [3.8, 4) is 0 Å². The molecule has 1 N–H and O–H groups in total. The maximum absolute atomic E-state index is 3.67. The topological polar surface area (TPSA) is 12.0 Å². The van der Waals surface area contributed by atoms with Crippen LogP contribution >= 0.6 is 15.9 Å². The average Bonchev–Trinajstić information content (AvgIpc) is 2.48. The lowest BCUT2D eigenvalue weighted by Gasteiger charge is -2.37. The minimum atomic E-state index is 0.599. The Balaban J connectivity index is 2.00. The molecule has 1 aromatic carbocycles. The van der Waals surface area contributed by atoms with Gasteiger partial charge < -0.3 is 5.32 Å². The molecule has 3 atom stereocenters. The molecule has 0 aliphatic heterocycles. The molecule has 1 saturated carbocycles. The van der Waals surface area contributed by atoms with Crippen LogP contribution in [0.5, 0.6) is 0 Å². The van der Waals surface area contributed by atoms with E-state index < -0.39 is 0 Å². The third-order valence-corrected chi connectivity index (χ3v) is 5.55. The van der Waals surface area contributed by atoms with Crippen molar-refractivity contribution in [3.05, 3.63) is 34.3 Å². The van der Waals surface area contributed by atoms with Gasteiger partial charge in [0.2, 0.25) is 0 Å². The Kier molecular flexibility index (Phi) is 6.75.